The summed E-state index contributed by atoms with van der Waals surface area (Å²) < 4.78 is 0. The number of aliphatic carboxylic acids is 1. The summed E-state index contributed by atoms with van der Waals surface area (Å²) in [6.45, 7) is 0. The Kier molecular flexibility index (Phi) is 2.65. The number of rotatable bonds is 3. The number of nitrogens with two attached hydrogens (primary N) is 1. The molecule has 0 amide bonds. The molecule has 4 rings (SSSR count). The lowest BCUT2D eigenvalue weighted by molar-refractivity contribution is -0.146. The molecule has 0 aromatic carbocycles. The number of hydrogen-bond donors (Lipinski definition) is 2. The van der Waals surface area contributed by atoms with Crippen molar-refractivity contribution in [2.75, 3.05) is 0 Å². The van der Waals surface area contributed by atoms with E-state index in [9.17, 15) is 9.90 Å². The molecule has 0 saturated heterocycles. The standard InChI is InChI=1S/C13H19NO2S/c14-12(17)11(13(15)16)10-8-2-6-1-7(4-8)5-9(10)3-6/h6-11H,1-5H2,(H2,14,17)(H,15,16). The van der Waals surface area contributed by atoms with E-state index in [4.69, 9.17) is 18.0 Å². The molecule has 4 aliphatic rings. The second-order valence-corrected chi connectivity index (χ2v) is 6.70. The molecule has 4 heteroatoms. The van der Waals surface area contributed by atoms with Crippen molar-refractivity contribution in [2.45, 2.75) is 32.1 Å². The van der Waals surface area contributed by atoms with Gasteiger partial charge in [0.2, 0.25) is 0 Å². The molecule has 0 aliphatic heterocycles. The number of carbonyl (C=O) groups is 1. The minimum absolute atomic E-state index is 0.190. The van der Waals surface area contributed by atoms with Gasteiger partial charge in [0, 0.05) is 0 Å². The second-order valence-electron chi connectivity index (χ2n) is 6.23. The first kappa shape index (κ1) is 11.5. The summed E-state index contributed by atoms with van der Waals surface area (Å²) in [6.07, 6.45) is 6.23. The van der Waals surface area contributed by atoms with Gasteiger partial charge in [-0.15, -0.1) is 0 Å². The van der Waals surface area contributed by atoms with Crippen molar-refractivity contribution in [3.63, 3.8) is 0 Å². The van der Waals surface area contributed by atoms with Crippen LogP contribution in [-0.4, -0.2) is 16.1 Å². The molecule has 94 valence electrons. The van der Waals surface area contributed by atoms with Crippen LogP contribution in [0.5, 0.6) is 0 Å². The Morgan fingerprint density at radius 3 is 1.94 bits per heavy atom. The van der Waals surface area contributed by atoms with Crippen LogP contribution in [0.15, 0.2) is 0 Å². The molecule has 0 aromatic rings. The summed E-state index contributed by atoms with van der Waals surface area (Å²) in [5, 5.41) is 9.36. The summed E-state index contributed by atoms with van der Waals surface area (Å²) in [7, 11) is 0. The van der Waals surface area contributed by atoms with Gasteiger partial charge in [0.05, 0.1) is 4.99 Å². The normalized spacial score (nSPS) is 44.6. The molecule has 0 heterocycles. The average Bonchev–Trinajstić information content (AvgIpc) is 2.20. The van der Waals surface area contributed by atoms with Gasteiger partial charge in [-0.05, 0) is 61.7 Å². The van der Waals surface area contributed by atoms with Crippen LogP contribution < -0.4 is 5.73 Å². The quantitative estimate of drug-likeness (QED) is 0.756. The minimum Gasteiger partial charge on any atom is -0.481 e. The molecule has 1 atom stereocenters. The molecule has 17 heavy (non-hydrogen) atoms. The predicted molar refractivity (Wildman–Crippen MR) is 68.4 cm³/mol. The van der Waals surface area contributed by atoms with Crippen LogP contribution in [0.2, 0.25) is 0 Å². The highest BCUT2D eigenvalue weighted by atomic mass is 32.1. The van der Waals surface area contributed by atoms with E-state index in [0.717, 1.165) is 11.8 Å². The summed E-state index contributed by atoms with van der Waals surface area (Å²) in [5.74, 6) is 1.67. The Morgan fingerprint density at radius 1 is 1.12 bits per heavy atom. The lowest BCUT2D eigenvalue weighted by Crippen LogP contribution is -2.51. The topological polar surface area (TPSA) is 63.3 Å². The maximum absolute atomic E-state index is 11.4. The van der Waals surface area contributed by atoms with Gasteiger partial charge in [-0.3, -0.25) is 4.79 Å². The fourth-order valence-corrected chi connectivity index (χ4v) is 5.25. The third-order valence-electron chi connectivity index (χ3n) is 5.26. The first-order chi connectivity index (χ1) is 8.06. The van der Waals surface area contributed by atoms with Crippen LogP contribution in [0.25, 0.3) is 0 Å². The highest BCUT2D eigenvalue weighted by Gasteiger charge is 2.52. The molecule has 4 aliphatic carbocycles. The van der Waals surface area contributed by atoms with E-state index in [-0.39, 0.29) is 10.9 Å². The fraction of sp³-hybridized carbons (Fsp3) is 0.846. The Balaban J connectivity index is 1.88. The van der Waals surface area contributed by atoms with Crippen LogP contribution in [0.4, 0.5) is 0 Å². The van der Waals surface area contributed by atoms with E-state index < -0.39 is 11.9 Å². The Bertz CT molecular complexity index is 326. The fourth-order valence-electron chi connectivity index (χ4n) is 4.99. The molecule has 4 fully saturated rings. The highest BCUT2D eigenvalue weighted by molar-refractivity contribution is 7.80. The first-order valence-electron chi connectivity index (χ1n) is 6.58. The summed E-state index contributed by atoms with van der Waals surface area (Å²) in [5.41, 5.74) is 5.67. The van der Waals surface area contributed by atoms with Gasteiger partial charge in [-0.2, -0.15) is 0 Å². The highest BCUT2D eigenvalue weighted by Crippen LogP contribution is 2.58. The lowest BCUT2D eigenvalue weighted by atomic mass is 9.49. The van der Waals surface area contributed by atoms with Crippen molar-refractivity contribution in [2.24, 2.45) is 41.2 Å². The molecule has 4 bridgehead atoms. The van der Waals surface area contributed by atoms with E-state index in [1.165, 1.54) is 32.1 Å². The summed E-state index contributed by atoms with van der Waals surface area (Å²) in [4.78, 5) is 11.6. The second kappa shape index (κ2) is 3.94. The van der Waals surface area contributed by atoms with Crippen molar-refractivity contribution < 1.29 is 9.90 Å². The van der Waals surface area contributed by atoms with E-state index >= 15 is 0 Å². The largest absolute Gasteiger partial charge is 0.481 e. The maximum Gasteiger partial charge on any atom is 0.313 e. The minimum atomic E-state index is -0.810. The van der Waals surface area contributed by atoms with Crippen molar-refractivity contribution in [1.29, 1.82) is 0 Å². The zero-order chi connectivity index (χ0) is 12.2. The van der Waals surface area contributed by atoms with Gasteiger partial charge in [-0.25, -0.2) is 0 Å². The van der Waals surface area contributed by atoms with Gasteiger partial charge in [0.15, 0.2) is 0 Å². The van der Waals surface area contributed by atoms with E-state index in [1.807, 2.05) is 0 Å². The smallest absolute Gasteiger partial charge is 0.313 e. The van der Waals surface area contributed by atoms with E-state index in [0.29, 0.717) is 11.8 Å². The van der Waals surface area contributed by atoms with Gasteiger partial charge < -0.3 is 10.8 Å². The third kappa shape index (κ3) is 1.77. The van der Waals surface area contributed by atoms with Gasteiger partial charge in [-0.1, -0.05) is 12.2 Å². The van der Waals surface area contributed by atoms with E-state index in [1.54, 1.807) is 0 Å². The zero-order valence-corrected chi connectivity index (χ0v) is 10.7. The number of carboxylic acid groups (broad SMARTS) is 1. The molecule has 0 aromatic heterocycles. The summed E-state index contributed by atoms with van der Waals surface area (Å²) >= 11 is 4.99. The van der Waals surface area contributed by atoms with Crippen molar-refractivity contribution >= 4 is 23.2 Å². The van der Waals surface area contributed by atoms with Crippen molar-refractivity contribution in [3.8, 4) is 0 Å². The predicted octanol–water partition coefficient (Wildman–Crippen LogP) is 2.05. The van der Waals surface area contributed by atoms with Gasteiger partial charge in [0.1, 0.15) is 5.92 Å². The van der Waals surface area contributed by atoms with Crippen LogP contribution in [0.3, 0.4) is 0 Å². The maximum atomic E-state index is 11.4. The summed E-state index contributed by atoms with van der Waals surface area (Å²) in [6, 6.07) is 0. The van der Waals surface area contributed by atoms with E-state index in [2.05, 4.69) is 0 Å². The molecule has 0 spiro atoms. The SMILES string of the molecule is NC(=S)C(C(=O)O)C1C2CC3CC(C2)CC1C3. The third-order valence-corrected chi connectivity index (χ3v) is 5.51. The first-order valence-corrected chi connectivity index (χ1v) is 6.99. The van der Waals surface area contributed by atoms with Crippen LogP contribution in [0, 0.1) is 35.5 Å². The molecular weight excluding hydrogens is 234 g/mol. The van der Waals surface area contributed by atoms with Crippen LogP contribution in [0.1, 0.15) is 32.1 Å². The Hall–Kier alpha value is -0.640. The van der Waals surface area contributed by atoms with Crippen LogP contribution in [-0.2, 0) is 4.79 Å². The van der Waals surface area contributed by atoms with Crippen molar-refractivity contribution in [1.82, 2.24) is 0 Å². The average molecular weight is 253 g/mol. The monoisotopic (exact) mass is 253 g/mol. The molecule has 3 N–H and O–H groups in total. The molecule has 3 nitrogen and oxygen atoms in total. The molecular formula is C13H19NO2S. The Labute approximate surface area is 107 Å². The number of thiocarbonyl (C=S) groups is 1. The molecule has 1 unspecified atom stereocenters. The molecule has 4 saturated carbocycles. The van der Waals surface area contributed by atoms with Crippen molar-refractivity contribution in [3.05, 3.63) is 0 Å². The molecule has 0 radical (unpaired) electrons. The number of carboxylic acids is 1. The van der Waals surface area contributed by atoms with Crippen LogP contribution >= 0.6 is 12.2 Å². The lowest BCUT2D eigenvalue weighted by Gasteiger charge is -2.55. The van der Waals surface area contributed by atoms with Gasteiger partial charge >= 0.3 is 5.97 Å². The van der Waals surface area contributed by atoms with Gasteiger partial charge in [0.25, 0.3) is 0 Å². The zero-order valence-electron chi connectivity index (χ0n) is 9.84. The Morgan fingerprint density at radius 2 is 1.59 bits per heavy atom. The number of hydrogen-bond acceptors (Lipinski definition) is 2.